The van der Waals surface area contributed by atoms with Crippen molar-refractivity contribution in [1.29, 1.82) is 0 Å². The van der Waals surface area contributed by atoms with Gasteiger partial charge in [0.05, 0.1) is 5.69 Å². The molecule has 1 aliphatic rings. The Hall–Kier alpha value is -1.43. The molecule has 1 saturated heterocycles. The molecule has 1 amide bonds. The number of piperidine rings is 1. The van der Waals surface area contributed by atoms with Gasteiger partial charge in [0.1, 0.15) is 9.88 Å². The molecule has 0 saturated carbocycles. The van der Waals surface area contributed by atoms with E-state index in [1.54, 1.807) is 0 Å². The molecule has 24 heavy (non-hydrogen) atoms. The van der Waals surface area contributed by atoms with Crippen LogP contribution < -0.4 is 5.73 Å². The number of carbonyl (C=O) groups excluding carboxylic acids is 1. The largest absolute Gasteiger partial charge is 0.334 e. The number of carbonyl (C=O) groups is 1. The first kappa shape index (κ1) is 17.4. The molecule has 1 aromatic carbocycles. The van der Waals surface area contributed by atoms with Crippen LogP contribution in [0.4, 0.5) is 0 Å². The molecule has 2 atom stereocenters. The van der Waals surface area contributed by atoms with Crippen molar-refractivity contribution >= 4 is 28.8 Å². The maximum absolute atomic E-state index is 13.0. The number of hydrogen-bond acceptors (Lipinski definition) is 4. The van der Waals surface area contributed by atoms with Gasteiger partial charge in [-0.3, -0.25) is 4.79 Å². The third-order valence-corrected chi connectivity index (χ3v) is 6.00. The van der Waals surface area contributed by atoms with Gasteiger partial charge >= 0.3 is 0 Å². The minimum absolute atomic E-state index is 0.0561. The van der Waals surface area contributed by atoms with Crippen LogP contribution in [0.25, 0.3) is 10.6 Å². The molecular formula is C18H22ClN3OS. The van der Waals surface area contributed by atoms with Gasteiger partial charge in [0.25, 0.3) is 5.91 Å². The van der Waals surface area contributed by atoms with Gasteiger partial charge in [-0.2, -0.15) is 0 Å². The van der Waals surface area contributed by atoms with Crippen molar-refractivity contribution in [2.75, 3.05) is 13.1 Å². The Balaban J connectivity index is 1.88. The third-order valence-electron chi connectivity index (χ3n) is 4.57. The molecule has 1 aromatic heterocycles. The summed E-state index contributed by atoms with van der Waals surface area (Å²) in [4.78, 5) is 20.2. The van der Waals surface area contributed by atoms with Crippen molar-refractivity contribution in [3.05, 3.63) is 39.9 Å². The van der Waals surface area contributed by atoms with E-state index < -0.39 is 0 Å². The van der Waals surface area contributed by atoms with E-state index in [9.17, 15) is 4.79 Å². The lowest BCUT2D eigenvalue weighted by atomic mass is 9.92. The van der Waals surface area contributed by atoms with Gasteiger partial charge in [0, 0.05) is 29.7 Å². The predicted molar refractivity (Wildman–Crippen MR) is 99.6 cm³/mol. The quantitative estimate of drug-likeness (QED) is 0.897. The van der Waals surface area contributed by atoms with Crippen LogP contribution in [0.1, 0.15) is 35.1 Å². The zero-order valence-corrected chi connectivity index (χ0v) is 15.5. The summed E-state index contributed by atoms with van der Waals surface area (Å²) in [5, 5.41) is 1.49. The summed E-state index contributed by atoms with van der Waals surface area (Å²) in [6.45, 7) is 5.39. The summed E-state index contributed by atoms with van der Waals surface area (Å²) >= 11 is 7.50. The number of rotatable bonds is 3. The molecule has 3 rings (SSSR count). The maximum Gasteiger partial charge on any atom is 0.266 e. The van der Waals surface area contributed by atoms with Gasteiger partial charge < -0.3 is 10.6 Å². The minimum Gasteiger partial charge on any atom is -0.334 e. The van der Waals surface area contributed by atoms with E-state index >= 15 is 0 Å². The SMILES string of the molecule is Cc1nc(-c2cccc(Cl)c2)sc1C(=O)N1CCC(C)CC1CN. The van der Waals surface area contributed by atoms with Gasteiger partial charge in [-0.1, -0.05) is 30.7 Å². The summed E-state index contributed by atoms with van der Waals surface area (Å²) in [5.41, 5.74) is 7.62. The highest BCUT2D eigenvalue weighted by Gasteiger charge is 2.31. The molecule has 2 aromatic rings. The number of halogens is 1. The Bertz CT molecular complexity index is 746. The van der Waals surface area contributed by atoms with E-state index in [-0.39, 0.29) is 11.9 Å². The van der Waals surface area contributed by atoms with Crippen LogP contribution in [0.5, 0.6) is 0 Å². The average Bonchev–Trinajstić information content (AvgIpc) is 2.96. The Labute approximate surface area is 151 Å². The first-order valence-corrected chi connectivity index (χ1v) is 9.43. The molecule has 2 heterocycles. The van der Waals surface area contributed by atoms with Crippen LogP contribution in [-0.2, 0) is 0 Å². The van der Waals surface area contributed by atoms with E-state index in [1.807, 2.05) is 36.1 Å². The maximum atomic E-state index is 13.0. The Morgan fingerprint density at radius 1 is 1.50 bits per heavy atom. The molecule has 0 radical (unpaired) electrons. The summed E-state index contributed by atoms with van der Waals surface area (Å²) in [6.07, 6.45) is 2.00. The van der Waals surface area contributed by atoms with Gasteiger partial charge in [0.2, 0.25) is 0 Å². The Kier molecular flexibility index (Phi) is 5.23. The van der Waals surface area contributed by atoms with Crippen molar-refractivity contribution in [1.82, 2.24) is 9.88 Å². The molecule has 6 heteroatoms. The van der Waals surface area contributed by atoms with Crippen LogP contribution in [-0.4, -0.2) is 34.9 Å². The molecule has 128 valence electrons. The number of nitrogens with two attached hydrogens (primary N) is 1. The third kappa shape index (κ3) is 3.48. The zero-order valence-electron chi connectivity index (χ0n) is 14.0. The first-order chi connectivity index (χ1) is 11.5. The highest BCUT2D eigenvalue weighted by atomic mass is 35.5. The van der Waals surface area contributed by atoms with Gasteiger partial charge in [0.15, 0.2) is 0 Å². The molecule has 0 aliphatic carbocycles. The smallest absolute Gasteiger partial charge is 0.266 e. The van der Waals surface area contributed by atoms with Gasteiger partial charge in [-0.15, -0.1) is 11.3 Å². The number of hydrogen-bond donors (Lipinski definition) is 1. The number of benzene rings is 1. The summed E-state index contributed by atoms with van der Waals surface area (Å²) in [7, 11) is 0. The van der Waals surface area contributed by atoms with E-state index in [2.05, 4.69) is 11.9 Å². The number of likely N-dealkylation sites (tertiary alicyclic amines) is 1. The Morgan fingerprint density at radius 3 is 3.00 bits per heavy atom. The second kappa shape index (κ2) is 7.21. The standard InChI is InChI=1S/C18H22ClN3OS/c1-11-6-7-22(15(8-11)10-20)18(23)16-12(2)21-17(24-16)13-4-3-5-14(19)9-13/h3-5,9,11,15H,6-8,10,20H2,1-2H3. The molecule has 0 spiro atoms. The molecule has 2 unspecified atom stereocenters. The molecule has 0 bridgehead atoms. The second-order valence-electron chi connectivity index (χ2n) is 6.46. The van der Waals surface area contributed by atoms with Gasteiger partial charge in [-0.05, 0) is 37.8 Å². The van der Waals surface area contributed by atoms with Crippen LogP contribution in [0.15, 0.2) is 24.3 Å². The van der Waals surface area contributed by atoms with Gasteiger partial charge in [-0.25, -0.2) is 4.98 Å². The molecular weight excluding hydrogens is 342 g/mol. The fourth-order valence-electron chi connectivity index (χ4n) is 3.21. The number of nitrogens with zero attached hydrogens (tertiary/aromatic N) is 2. The number of amides is 1. The summed E-state index contributed by atoms with van der Waals surface area (Å²) in [5.74, 6) is 0.674. The summed E-state index contributed by atoms with van der Waals surface area (Å²) < 4.78 is 0. The fraction of sp³-hybridized carbons (Fsp3) is 0.444. The van der Waals surface area contributed by atoms with E-state index in [4.69, 9.17) is 17.3 Å². The van der Waals surface area contributed by atoms with Crippen molar-refractivity contribution < 1.29 is 4.79 Å². The number of aryl methyl sites for hydroxylation is 1. The van der Waals surface area contributed by atoms with Crippen LogP contribution >= 0.6 is 22.9 Å². The predicted octanol–water partition coefficient (Wildman–Crippen LogP) is 3.97. The number of thiazole rings is 1. The molecule has 1 aliphatic heterocycles. The lowest BCUT2D eigenvalue weighted by Gasteiger charge is -2.37. The van der Waals surface area contributed by atoms with Crippen molar-refractivity contribution in [2.24, 2.45) is 11.7 Å². The zero-order chi connectivity index (χ0) is 17.3. The topological polar surface area (TPSA) is 59.2 Å². The first-order valence-electron chi connectivity index (χ1n) is 8.24. The molecule has 4 nitrogen and oxygen atoms in total. The van der Waals surface area contributed by atoms with Crippen molar-refractivity contribution in [2.45, 2.75) is 32.7 Å². The van der Waals surface area contributed by atoms with Crippen LogP contribution in [0.3, 0.4) is 0 Å². The van der Waals surface area contributed by atoms with Crippen molar-refractivity contribution in [3.63, 3.8) is 0 Å². The number of aromatic nitrogens is 1. The monoisotopic (exact) mass is 363 g/mol. The normalized spacial score (nSPS) is 21.1. The van der Waals surface area contributed by atoms with E-state index in [0.717, 1.165) is 35.7 Å². The van der Waals surface area contributed by atoms with Crippen molar-refractivity contribution in [3.8, 4) is 10.6 Å². The van der Waals surface area contributed by atoms with E-state index in [1.165, 1.54) is 11.3 Å². The lowest BCUT2D eigenvalue weighted by molar-refractivity contribution is 0.0577. The molecule has 1 fully saturated rings. The second-order valence-corrected chi connectivity index (χ2v) is 7.90. The minimum atomic E-state index is 0.0561. The van der Waals surface area contributed by atoms with E-state index in [0.29, 0.717) is 22.4 Å². The highest BCUT2D eigenvalue weighted by molar-refractivity contribution is 7.17. The summed E-state index contributed by atoms with van der Waals surface area (Å²) in [6, 6.07) is 7.69. The fourth-order valence-corrected chi connectivity index (χ4v) is 4.42. The molecule has 2 N–H and O–H groups in total. The van der Waals surface area contributed by atoms with Crippen LogP contribution in [0, 0.1) is 12.8 Å². The average molecular weight is 364 g/mol. The lowest BCUT2D eigenvalue weighted by Crippen LogP contribution is -2.49. The van der Waals surface area contributed by atoms with Crippen LogP contribution in [0.2, 0.25) is 5.02 Å². The highest BCUT2D eigenvalue weighted by Crippen LogP contribution is 2.32. The Morgan fingerprint density at radius 2 is 2.29 bits per heavy atom.